The summed E-state index contributed by atoms with van der Waals surface area (Å²) in [5.74, 6) is 0.358. The number of nitrogens with zero attached hydrogens (tertiary/aromatic N) is 2. The Morgan fingerprint density at radius 2 is 2.28 bits per heavy atom. The van der Waals surface area contributed by atoms with Gasteiger partial charge < -0.3 is 19.5 Å². The molecular weight excluding hydrogens is 322 g/mol. The Balaban J connectivity index is 1.52. The van der Waals surface area contributed by atoms with E-state index >= 15 is 0 Å². The number of H-pyrrole nitrogens is 1. The minimum absolute atomic E-state index is 0.0379. The van der Waals surface area contributed by atoms with E-state index < -0.39 is 0 Å². The van der Waals surface area contributed by atoms with Crippen LogP contribution in [0.2, 0.25) is 0 Å². The molecule has 0 spiro atoms. The first-order valence-corrected chi connectivity index (χ1v) is 8.53. The second-order valence-corrected chi connectivity index (χ2v) is 6.46. The van der Waals surface area contributed by atoms with Gasteiger partial charge in [0.25, 0.3) is 5.91 Å². The molecular formula is C18H21N3O4. The zero-order valence-corrected chi connectivity index (χ0v) is 13.9. The number of hydrogen-bond acceptors (Lipinski definition) is 5. The summed E-state index contributed by atoms with van der Waals surface area (Å²) < 4.78 is 11.2. The summed E-state index contributed by atoms with van der Waals surface area (Å²) >= 11 is 0. The number of phenols is 1. The van der Waals surface area contributed by atoms with Crippen LogP contribution in [0.5, 0.6) is 5.75 Å². The minimum Gasteiger partial charge on any atom is -0.508 e. The number of phenolic OH excluding ortho intramolecular Hbond substituents is 1. The van der Waals surface area contributed by atoms with E-state index in [9.17, 15) is 9.90 Å². The van der Waals surface area contributed by atoms with Crippen LogP contribution in [0.1, 0.15) is 40.1 Å². The molecule has 4 rings (SSSR count). The molecule has 2 aliphatic rings. The van der Waals surface area contributed by atoms with Crippen LogP contribution < -0.4 is 0 Å². The van der Waals surface area contributed by atoms with Crippen LogP contribution in [0.3, 0.4) is 0 Å². The number of aromatic amines is 1. The average Bonchev–Trinajstić information content (AvgIpc) is 3.32. The molecule has 25 heavy (non-hydrogen) atoms. The van der Waals surface area contributed by atoms with Gasteiger partial charge in [0.15, 0.2) is 0 Å². The van der Waals surface area contributed by atoms with Gasteiger partial charge in [-0.05, 0) is 24.1 Å². The molecule has 0 aliphatic carbocycles. The van der Waals surface area contributed by atoms with Crippen LogP contribution in [-0.2, 0) is 9.47 Å². The van der Waals surface area contributed by atoms with Crippen molar-refractivity contribution < 1.29 is 19.4 Å². The van der Waals surface area contributed by atoms with Gasteiger partial charge >= 0.3 is 0 Å². The summed E-state index contributed by atoms with van der Waals surface area (Å²) in [4.78, 5) is 14.8. The Labute approximate surface area is 145 Å². The molecule has 2 fully saturated rings. The van der Waals surface area contributed by atoms with E-state index in [1.807, 2.05) is 6.07 Å². The summed E-state index contributed by atoms with van der Waals surface area (Å²) in [5, 5.41) is 16.7. The quantitative estimate of drug-likeness (QED) is 0.888. The van der Waals surface area contributed by atoms with E-state index in [2.05, 4.69) is 10.2 Å². The molecule has 0 saturated carbocycles. The van der Waals surface area contributed by atoms with E-state index in [0.717, 1.165) is 17.7 Å². The van der Waals surface area contributed by atoms with Crippen molar-refractivity contribution in [2.45, 2.75) is 18.4 Å². The molecule has 0 radical (unpaired) electrons. The van der Waals surface area contributed by atoms with Crippen LogP contribution in [0.15, 0.2) is 30.5 Å². The van der Waals surface area contributed by atoms with Crippen molar-refractivity contribution in [2.24, 2.45) is 0 Å². The molecule has 2 saturated heterocycles. The summed E-state index contributed by atoms with van der Waals surface area (Å²) in [7, 11) is 0. The minimum atomic E-state index is -0.241. The van der Waals surface area contributed by atoms with Crippen LogP contribution in [0.4, 0.5) is 0 Å². The molecule has 2 atom stereocenters. The summed E-state index contributed by atoms with van der Waals surface area (Å²) in [6, 6.07) is 6.98. The molecule has 1 aromatic heterocycles. The molecule has 7 nitrogen and oxygen atoms in total. The van der Waals surface area contributed by atoms with Crippen LogP contribution in [-0.4, -0.2) is 59.0 Å². The Morgan fingerprint density at radius 1 is 1.36 bits per heavy atom. The lowest BCUT2D eigenvalue weighted by Crippen LogP contribution is -2.42. The zero-order valence-electron chi connectivity index (χ0n) is 13.9. The maximum atomic E-state index is 13.0. The number of carbonyl (C=O) groups is 1. The number of amides is 1. The Morgan fingerprint density at radius 3 is 3.08 bits per heavy atom. The van der Waals surface area contributed by atoms with E-state index in [1.54, 1.807) is 29.3 Å². The number of aromatic nitrogens is 2. The molecule has 2 aromatic rings. The van der Waals surface area contributed by atoms with Crippen LogP contribution in [0.25, 0.3) is 0 Å². The van der Waals surface area contributed by atoms with Gasteiger partial charge in [-0.1, -0.05) is 12.1 Å². The lowest BCUT2D eigenvalue weighted by atomic mass is 10.00. The lowest BCUT2D eigenvalue weighted by molar-refractivity contribution is -0.0229. The first-order chi connectivity index (χ1) is 12.2. The predicted molar refractivity (Wildman–Crippen MR) is 89.5 cm³/mol. The van der Waals surface area contributed by atoms with Gasteiger partial charge in [0.05, 0.1) is 37.2 Å². The van der Waals surface area contributed by atoms with Crippen molar-refractivity contribution in [3.63, 3.8) is 0 Å². The van der Waals surface area contributed by atoms with Crippen molar-refractivity contribution >= 4 is 5.91 Å². The van der Waals surface area contributed by atoms with Gasteiger partial charge in [-0.3, -0.25) is 9.89 Å². The fourth-order valence-corrected chi connectivity index (χ4v) is 3.47. The fourth-order valence-electron chi connectivity index (χ4n) is 3.47. The normalized spacial score (nSPS) is 23.8. The second kappa shape index (κ2) is 6.85. The number of rotatable bonds is 3. The van der Waals surface area contributed by atoms with Crippen molar-refractivity contribution in [1.29, 1.82) is 0 Å². The molecule has 2 unspecified atom stereocenters. The number of ether oxygens (including phenoxy) is 2. The molecule has 132 valence electrons. The van der Waals surface area contributed by atoms with Crippen LogP contribution >= 0.6 is 0 Å². The van der Waals surface area contributed by atoms with Gasteiger partial charge in [0.2, 0.25) is 0 Å². The Hall–Kier alpha value is -2.38. The van der Waals surface area contributed by atoms with Gasteiger partial charge in [-0.25, -0.2) is 0 Å². The molecule has 3 heterocycles. The summed E-state index contributed by atoms with van der Waals surface area (Å²) in [6.07, 6.45) is 2.27. The summed E-state index contributed by atoms with van der Waals surface area (Å²) in [6.45, 7) is 2.80. The molecule has 0 bridgehead atoms. The van der Waals surface area contributed by atoms with Crippen LogP contribution in [0, 0.1) is 0 Å². The summed E-state index contributed by atoms with van der Waals surface area (Å²) in [5.41, 5.74) is 2.35. The monoisotopic (exact) mass is 343 g/mol. The topological polar surface area (TPSA) is 87.7 Å². The van der Waals surface area contributed by atoms with Crippen molar-refractivity contribution in [1.82, 2.24) is 15.1 Å². The molecule has 2 aliphatic heterocycles. The first kappa shape index (κ1) is 16.1. The third-order valence-electron chi connectivity index (χ3n) is 4.83. The first-order valence-electron chi connectivity index (χ1n) is 8.53. The molecule has 7 heteroatoms. The largest absolute Gasteiger partial charge is 0.508 e. The highest BCUT2D eigenvalue weighted by Gasteiger charge is 2.31. The molecule has 2 N–H and O–H groups in total. The van der Waals surface area contributed by atoms with E-state index in [1.165, 1.54) is 0 Å². The average molecular weight is 343 g/mol. The number of carbonyl (C=O) groups excluding carboxylic acids is 1. The molecule has 1 amide bonds. The Bertz CT molecular complexity index is 754. The van der Waals surface area contributed by atoms with E-state index in [4.69, 9.17) is 9.47 Å². The van der Waals surface area contributed by atoms with Gasteiger partial charge in [0.1, 0.15) is 11.9 Å². The number of hydrogen-bond donors (Lipinski definition) is 2. The number of morpholine rings is 1. The lowest BCUT2D eigenvalue weighted by Gasteiger charge is -2.33. The Kier molecular flexibility index (Phi) is 4.42. The third-order valence-corrected chi connectivity index (χ3v) is 4.83. The number of benzene rings is 1. The van der Waals surface area contributed by atoms with E-state index in [-0.39, 0.29) is 23.7 Å². The fraction of sp³-hybridized carbons (Fsp3) is 0.444. The number of nitrogens with one attached hydrogen (secondary N) is 1. The highest BCUT2D eigenvalue weighted by Crippen LogP contribution is 2.29. The third kappa shape index (κ3) is 3.25. The van der Waals surface area contributed by atoms with Crippen molar-refractivity contribution in [3.05, 3.63) is 47.3 Å². The second-order valence-electron chi connectivity index (χ2n) is 6.46. The van der Waals surface area contributed by atoms with Crippen molar-refractivity contribution in [2.75, 3.05) is 32.9 Å². The van der Waals surface area contributed by atoms with Gasteiger partial charge in [-0.15, -0.1) is 0 Å². The van der Waals surface area contributed by atoms with Gasteiger partial charge in [-0.2, -0.15) is 5.10 Å². The van der Waals surface area contributed by atoms with Crippen molar-refractivity contribution in [3.8, 4) is 5.75 Å². The number of aromatic hydroxyl groups is 1. The maximum absolute atomic E-state index is 13.0. The smallest absolute Gasteiger partial charge is 0.257 e. The highest BCUT2D eigenvalue weighted by atomic mass is 16.5. The van der Waals surface area contributed by atoms with Gasteiger partial charge in [0, 0.05) is 19.1 Å². The predicted octanol–water partition coefficient (Wildman–Crippen LogP) is 1.83. The zero-order chi connectivity index (χ0) is 17.2. The van der Waals surface area contributed by atoms with E-state index in [0.29, 0.717) is 38.5 Å². The highest BCUT2D eigenvalue weighted by molar-refractivity contribution is 5.95. The molecule has 1 aromatic carbocycles. The maximum Gasteiger partial charge on any atom is 0.257 e. The standard InChI is InChI=1S/C18H21N3O4/c22-14-3-1-2-12(8-14)16-10-21(5-7-25-16)18(23)15-9-19-20-17(15)13-4-6-24-11-13/h1-3,8-9,13,16,22H,4-7,10-11H2,(H,19,20). The SMILES string of the molecule is O=C(c1cn[nH]c1C1CCOC1)N1CCOC(c2cccc(O)c2)C1.